The molecule has 3 aromatic rings. The molecule has 1 saturated heterocycles. The van der Waals surface area contributed by atoms with Gasteiger partial charge in [-0.3, -0.25) is 9.69 Å². The van der Waals surface area contributed by atoms with Gasteiger partial charge in [0.2, 0.25) is 0 Å². The lowest BCUT2D eigenvalue weighted by Crippen LogP contribution is -2.31. The highest BCUT2D eigenvalue weighted by atomic mass is 127. The SMILES string of the molecule is CCCN1C(=O)N/C(=C/c2cc(I)c(OCc3ccc4ccccc4c3)c(I)c2)C1=O. The Morgan fingerprint density at radius 1 is 1.00 bits per heavy atom. The number of urea groups is 1. The number of halogens is 2. The van der Waals surface area contributed by atoms with Crippen molar-refractivity contribution in [2.75, 3.05) is 6.54 Å². The fraction of sp³-hybridized carbons (Fsp3) is 0.167. The number of benzene rings is 3. The standard InChI is InChI=1S/C24H20I2N2O3/c1-2-9-28-23(29)21(27-24(28)30)13-16-11-19(25)22(20(26)12-16)31-14-15-7-8-17-5-3-4-6-18(17)10-15/h3-8,10-13H,2,9,14H2,1H3,(H,27,30)/b21-13+. The zero-order valence-corrected chi connectivity index (χ0v) is 21.1. The van der Waals surface area contributed by atoms with E-state index in [0.717, 1.165) is 30.4 Å². The third-order valence-corrected chi connectivity index (χ3v) is 6.54. The lowest BCUT2D eigenvalue weighted by atomic mass is 10.1. The first-order valence-corrected chi connectivity index (χ1v) is 12.1. The van der Waals surface area contributed by atoms with Gasteiger partial charge in [0.1, 0.15) is 18.1 Å². The van der Waals surface area contributed by atoms with Crippen LogP contribution in [0.1, 0.15) is 24.5 Å². The summed E-state index contributed by atoms with van der Waals surface area (Å²) in [7, 11) is 0. The average Bonchev–Trinajstić information content (AvgIpc) is 3.00. The summed E-state index contributed by atoms with van der Waals surface area (Å²) in [4.78, 5) is 25.7. The smallest absolute Gasteiger partial charge is 0.329 e. The predicted molar refractivity (Wildman–Crippen MR) is 139 cm³/mol. The Bertz CT molecular complexity index is 1180. The molecule has 4 rings (SSSR count). The normalized spacial score (nSPS) is 15.1. The van der Waals surface area contributed by atoms with Gasteiger partial charge in [0, 0.05) is 6.54 Å². The van der Waals surface area contributed by atoms with Crippen LogP contribution in [-0.4, -0.2) is 23.4 Å². The van der Waals surface area contributed by atoms with Gasteiger partial charge in [-0.15, -0.1) is 0 Å². The van der Waals surface area contributed by atoms with Gasteiger partial charge in [0.05, 0.1) is 7.14 Å². The number of ether oxygens (including phenoxy) is 1. The van der Waals surface area contributed by atoms with Crippen LogP contribution in [0.4, 0.5) is 4.79 Å². The number of carbonyl (C=O) groups excluding carboxylic acids is 2. The van der Waals surface area contributed by atoms with E-state index in [2.05, 4.69) is 80.8 Å². The van der Waals surface area contributed by atoms with E-state index in [9.17, 15) is 9.59 Å². The number of nitrogens with zero attached hydrogens (tertiary/aromatic N) is 1. The van der Waals surface area contributed by atoms with Gasteiger partial charge in [0.15, 0.2) is 0 Å². The number of imide groups is 1. The monoisotopic (exact) mass is 638 g/mol. The lowest BCUT2D eigenvalue weighted by molar-refractivity contribution is -0.122. The Balaban J connectivity index is 1.52. The molecule has 0 spiro atoms. The summed E-state index contributed by atoms with van der Waals surface area (Å²) >= 11 is 4.48. The number of nitrogens with one attached hydrogen (secondary N) is 1. The van der Waals surface area contributed by atoms with Crippen molar-refractivity contribution in [1.29, 1.82) is 0 Å². The summed E-state index contributed by atoms with van der Waals surface area (Å²) in [5, 5.41) is 5.06. The summed E-state index contributed by atoms with van der Waals surface area (Å²) < 4.78 is 8.02. The first-order chi connectivity index (χ1) is 15.0. The molecule has 0 saturated carbocycles. The number of carbonyl (C=O) groups is 2. The van der Waals surface area contributed by atoms with E-state index < -0.39 is 0 Å². The van der Waals surface area contributed by atoms with Gasteiger partial charge in [-0.1, -0.05) is 43.3 Å². The van der Waals surface area contributed by atoms with Crippen LogP contribution in [-0.2, 0) is 11.4 Å². The molecule has 0 atom stereocenters. The number of rotatable bonds is 6. The fourth-order valence-corrected chi connectivity index (χ4v) is 5.58. The van der Waals surface area contributed by atoms with Gasteiger partial charge in [0.25, 0.3) is 5.91 Å². The Hall–Kier alpha value is -2.14. The molecular weight excluding hydrogens is 618 g/mol. The summed E-state index contributed by atoms with van der Waals surface area (Å²) in [6.45, 7) is 2.82. The lowest BCUT2D eigenvalue weighted by Gasteiger charge is -2.12. The predicted octanol–water partition coefficient (Wildman–Crippen LogP) is 5.93. The first-order valence-electron chi connectivity index (χ1n) is 9.90. The molecule has 0 bridgehead atoms. The molecule has 1 fully saturated rings. The second-order valence-electron chi connectivity index (χ2n) is 7.23. The van der Waals surface area contributed by atoms with E-state index in [4.69, 9.17) is 4.74 Å². The minimum absolute atomic E-state index is 0.284. The Labute approximate surface area is 208 Å². The van der Waals surface area contributed by atoms with Crippen molar-refractivity contribution < 1.29 is 14.3 Å². The summed E-state index contributed by atoms with van der Waals surface area (Å²) in [6, 6.07) is 18.1. The second-order valence-corrected chi connectivity index (χ2v) is 9.55. The molecule has 0 radical (unpaired) electrons. The molecular formula is C24H20I2N2O3. The highest BCUT2D eigenvalue weighted by Crippen LogP contribution is 2.31. The van der Waals surface area contributed by atoms with E-state index in [1.54, 1.807) is 6.08 Å². The summed E-state index contributed by atoms with van der Waals surface area (Å²) in [6.07, 6.45) is 2.44. The van der Waals surface area contributed by atoms with Crippen LogP contribution in [0, 0.1) is 7.14 Å². The molecule has 0 aliphatic carbocycles. The molecule has 0 unspecified atom stereocenters. The molecule has 3 amide bonds. The van der Waals surface area contributed by atoms with Crippen LogP contribution in [0.3, 0.4) is 0 Å². The van der Waals surface area contributed by atoms with Crippen molar-refractivity contribution in [3.05, 3.63) is 78.6 Å². The van der Waals surface area contributed by atoms with Crippen molar-refractivity contribution in [2.24, 2.45) is 0 Å². The van der Waals surface area contributed by atoms with Gasteiger partial charge >= 0.3 is 6.03 Å². The minimum Gasteiger partial charge on any atom is -0.487 e. The second kappa shape index (κ2) is 9.56. The van der Waals surface area contributed by atoms with E-state index in [1.165, 1.54) is 15.7 Å². The van der Waals surface area contributed by atoms with E-state index in [-0.39, 0.29) is 11.9 Å². The van der Waals surface area contributed by atoms with Crippen LogP contribution in [0.5, 0.6) is 5.75 Å². The highest BCUT2D eigenvalue weighted by molar-refractivity contribution is 14.1. The van der Waals surface area contributed by atoms with Crippen molar-refractivity contribution in [1.82, 2.24) is 10.2 Å². The van der Waals surface area contributed by atoms with Gasteiger partial charge in [-0.05, 0) is 97.8 Å². The fourth-order valence-electron chi connectivity index (χ4n) is 3.45. The summed E-state index contributed by atoms with van der Waals surface area (Å²) in [5.74, 6) is 0.527. The maximum atomic E-state index is 12.4. The highest BCUT2D eigenvalue weighted by Gasteiger charge is 2.32. The summed E-state index contributed by atoms with van der Waals surface area (Å²) in [5.41, 5.74) is 2.25. The van der Waals surface area contributed by atoms with E-state index >= 15 is 0 Å². The number of hydrogen-bond acceptors (Lipinski definition) is 3. The van der Waals surface area contributed by atoms with Crippen molar-refractivity contribution >= 4 is 74.0 Å². The molecule has 1 heterocycles. The minimum atomic E-state index is -0.363. The molecule has 5 nitrogen and oxygen atoms in total. The molecule has 7 heteroatoms. The molecule has 1 aliphatic heterocycles. The maximum Gasteiger partial charge on any atom is 0.329 e. The third-order valence-electron chi connectivity index (χ3n) is 4.94. The van der Waals surface area contributed by atoms with Gasteiger partial charge in [-0.2, -0.15) is 0 Å². The van der Waals surface area contributed by atoms with Crippen LogP contribution >= 0.6 is 45.2 Å². The maximum absolute atomic E-state index is 12.4. The molecule has 3 aromatic carbocycles. The van der Waals surface area contributed by atoms with Crippen molar-refractivity contribution in [2.45, 2.75) is 20.0 Å². The van der Waals surface area contributed by atoms with Crippen LogP contribution < -0.4 is 10.1 Å². The molecule has 31 heavy (non-hydrogen) atoms. The third kappa shape index (κ3) is 4.87. The largest absolute Gasteiger partial charge is 0.487 e. The Morgan fingerprint density at radius 3 is 2.42 bits per heavy atom. The zero-order chi connectivity index (χ0) is 22.0. The quantitative estimate of drug-likeness (QED) is 0.207. The van der Waals surface area contributed by atoms with Crippen molar-refractivity contribution in [3.63, 3.8) is 0 Å². The van der Waals surface area contributed by atoms with E-state index in [0.29, 0.717) is 18.8 Å². The average molecular weight is 638 g/mol. The molecule has 158 valence electrons. The Kier molecular flexibility index (Phi) is 6.80. The van der Waals surface area contributed by atoms with Gasteiger partial charge < -0.3 is 10.1 Å². The number of amides is 3. The van der Waals surface area contributed by atoms with Gasteiger partial charge in [-0.25, -0.2) is 4.79 Å². The zero-order valence-electron chi connectivity index (χ0n) is 16.8. The first kappa shape index (κ1) is 22.1. The van der Waals surface area contributed by atoms with Crippen LogP contribution in [0.2, 0.25) is 0 Å². The number of fused-ring (bicyclic) bond motifs is 1. The molecule has 1 N–H and O–H groups in total. The van der Waals surface area contributed by atoms with Crippen molar-refractivity contribution in [3.8, 4) is 5.75 Å². The molecule has 0 aromatic heterocycles. The van der Waals surface area contributed by atoms with Crippen LogP contribution in [0.15, 0.2) is 60.3 Å². The van der Waals surface area contributed by atoms with Crippen LogP contribution in [0.25, 0.3) is 16.8 Å². The topological polar surface area (TPSA) is 58.6 Å². The van der Waals surface area contributed by atoms with E-state index in [1.807, 2.05) is 31.2 Å². The Morgan fingerprint density at radius 2 is 1.71 bits per heavy atom. The number of hydrogen-bond donors (Lipinski definition) is 1. The molecule has 1 aliphatic rings.